The van der Waals surface area contributed by atoms with E-state index in [1.807, 2.05) is 30.3 Å². The van der Waals surface area contributed by atoms with Crippen molar-refractivity contribution in [3.63, 3.8) is 0 Å². The first-order chi connectivity index (χ1) is 13.4. The Balaban J connectivity index is 1.39. The van der Waals surface area contributed by atoms with Crippen molar-refractivity contribution in [2.24, 2.45) is 0 Å². The smallest absolute Gasteiger partial charge is 0.339 e. The van der Waals surface area contributed by atoms with Gasteiger partial charge in [0.05, 0.1) is 17.2 Å². The van der Waals surface area contributed by atoms with Crippen LogP contribution in [0.3, 0.4) is 0 Å². The third-order valence-electron chi connectivity index (χ3n) is 4.47. The van der Waals surface area contributed by atoms with Crippen LogP contribution < -0.4 is 5.32 Å². The molecular weight excluding hydrogens is 373 g/mol. The molecule has 0 saturated carbocycles. The number of carbonyl (C=O) groups is 1. The maximum absolute atomic E-state index is 13.0. The molecule has 0 bridgehead atoms. The summed E-state index contributed by atoms with van der Waals surface area (Å²) in [4.78, 5) is 18.0. The molecule has 4 rings (SSSR count). The normalized spacial score (nSPS) is 14.6. The highest BCUT2D eigenvalue weighted by Crippen LogP contribution is 2.35. The number of nitrogens with zero attached hydrogens (tertiary/aromatic N) is 3. The van der Waals surface area contributed by atoms with Crippen molar-refractivity contribution in [2.75, 3.05) is 18.4 Å². The molecule has 28 heavy (non-hydrogen) atoms. The Labute approximate surface area is 158 Å². The molecule has 1 N–H and O–H groups in total. The number of nitrogens with one attached hydrogen (secondary N) is 1. The van der Waals surface area contributed by atoms with Gasteiger partial charge in [-0.3, -0.25) is 0 Å². The van der Waals surface area contributed by atoms with Crippen LogP contribution in [0.4, 0.5) is 23.7 Å². The number of hydrogen-bond donors (Lipinski definition) is 1. The van der Waals surface area contributed by atoms with Gasteiger partial charge in [-0.25, -0.2) is 4.79 Å². The molecule has 0 unspecified atom stereocenters. The van der Waals surface area contributed by atoms with Gasteiger partial charge in [-0.2, -0.15) is 18.2 Å². The molecule has 1 aliphatic rings. The quantitative estimate of drug-likeness (QED) is 0.723. The van der Waals surface area contributed by atoms with E-state index in [0.717, 1.165) is 11.6 Å². The Hall–Kier alpha value is -3.36. The first-order valence-corrected chi connectivity index (χ1v) is 8.53. The van der Waals surface area contributed by atoms with Gasteiger partial charge in [0.15, 0.2) is 0 Å². The summed E-state index contributed by atoms with van der Waals surface area (Å²) >= 11 is 0. The fourth-order valence-corrected chi connectivity index (χ4v) is 2.94. The van der Waals surface area contributed by atoms with Crippen LogP contribution in [-0.4, -0.2) is 34.2 Å². The van der Waals surface area contributed by atoms with Gasteiger partial charge in [-0.15, -0.1) is 0 Å². The van der Waals surface area contributed by atoms with E-state index in [1.54, 1.807) is 0 Å². The second-order valence-electron chi connectivity index (χ2n) is 6.40. The molecule has 1 saturated heterocycles. The largest absolute Gasteiger partial charge is 0.418 e. The Morgan fingerprint density at radius 3 is 2.46 bits per heavy atom. The maximum atomic E-state index is 13.0. The number of anilines is 1. The molecule has 0 radical (unpaired) electrons. The van der Waals surface area contributed by atoms with Crippen molar-refractivity contribution < 1.29 is 22.5 Å². The molecule has 1 aromatic heterocycles. The third kappa shape index (κ3) is 3.55. The van der Waals surface area contributed by atoms with Crippen molar-refractivity contribution in [3.05, 3.63) is 66.1 Å². The van der Waals surface area contributed by atoms with Gasteiger partial charge >= 0.3 is 12.2 Å². The van der Waals surface area contributed by atoms with Crippen LogP contribution in [-0.2, 0) is 6.18 Å². The minimum Gasteiger partial charge on any atom is -0.339 e. The average molecular weight is 388 g/mol. The average Bonchev–Trinajstić information content (AvgIpc) is 3.10. The minimum absolute atomic E-state index is 0.145. The van der Waals surface area contributed by atoms with Crippen molar-refractivity contribution >= 4 is 11.7 Å². The zero-order valence-electron chi connectivity index (χ0n) is 14.5. The second-order valence-corrected chi connectivity index (χ2v) is 6.40. The van der Waals surface area contributed by atoms with E-state index >= 15 is 0 Å². The molecule has 9 heteroatoms. The van der Waals surface area contributed by atoms with E-state index < -0.39 is 17.8 Å². The second kappa shape index (κ2) is 6.99. The number of carbonyl (C=O) groups excluding carboxylic acids is 1. The summed E-state index contributed by atoms with van der Waals surface area (Å²) < 4.78 is 44.4. The molecule has 0 spiro atoms. The molecule has 1 fully saturated rings. The number of hydrogen-bond acceptors (Lipinski definition) is 4. The highest BCUT2D eigenvalue weighted by Gasteiger charge is 2.37. The molecule has 0 atom stereocenters. The van der Waals surface area contributed by atoms with Crippen molar-refractivity contribution in [1.82, 2.24) is 15.0 Å². The molecular formula is C19H15F3N4O2. The number of benzene rings is 2. The van der Waals surface area contributed by atoms with Crippen molar-refractivity contribution in [2.45, 2.75) is 12.1 Å². The lowest BCUT2D eigenvalue weighted by molar-refractivity contribution is -0.136. The summed E-state index contributed by atoms with van der Waals surface area (Å²) in [5, 5.41) is 6.26. The summed E-state index contributed by atoms with van der Waals surface area (Å²) in [6.45, 7) is 0.576. The lowest BCUT2D eigenvalue weighted by atomic mass is 10.0. The van der Waals surface area contributed by atoms with Gasteiger partial charge in [0, 0.05) is 18.7 Å². The van der Waals surface area contributed by atoms with Crippen molar-refractivity contribution in [3.8, 4) is 11.4 Å². The molecule has 6 nitrogen and oxygen atoms in total. The van der Waals surface area contributed by atoms with Crippen LogP contribution in [0.15, 0.2) is 59.1 Å². The van der Waals surface area contributed by atoms with Crippen LogP contribution in [0.25, 0.3) is 11.4 Å². The predicted molar refractivity (Wildman–Crippen MR) is 94.5 cm³/mol. The van der Waals surface area contributed by atoms with Gasteiger partial charge < -0.3 is 14.7 Å². The van der Waals surface area contributed by atoms with E-state index in [-0.39, 0.29) is 24.7 Å². The Morgan fingerprint density at radius 2 is 1.75 bits per heavy atom. The first kappa shape index (κ1) is 18.0. The maximum Gasteiger partial charge on any atom is 0.418 e. The van der Waals surface area contributed by atoms with Crippen LogP contribution in [0.1, 0.15) is 17.4 Å². The molecule has 1 aliphatic heterocycles. The summed E-state index contributed by atoms with van der Waals surface area (Å²) in [6, 6.07) is 13.6. The number of aromatic nitrogens is 2. The summed E-state index contributed by atoms with van der Waals surface area (Å²) in [6.07, 6.45) is -4.54. The highest BCUT2D eigenvalue weighted by molar-refractivity contribution is 5.91. The summed E-state index contributed by atoms with van der Waals surface area (Å²) in [5.74, 6) is 0.713. The molecule has 0 aliphatic carbocycles. The van der Waals surface area contributed by atoms with E-state index in [2.05, 4.69) is 15.5 Å². The van der Waals surface area contributed by atoms with E-state index in [0.29, 0.717) is 11.7 Å². The topological polar surface area (TPSA) is 71.3 Å². The third-order valence-corrected chi connectivity index (χ3v) is 4.47. The van der Waals surface area contributed by atoms with Crippen molar-refractivity contribution in [1.29, 1.82) is 0 Å². The van der Waals surface area contributed by atoms with Gasteiger partial charge in [0.25, 0.3) is 0 Å². The van der Waals surface area contributed by atoms with E-state index in [4.69, 9.17) is 4.52 Å². The fraction of sp³-hybridized carbons (Fsp3) is 0.211. The van der Waals surface area contributed by atoms with Gasteiger partial charge in [-0.1, -0.05) is 47.6 Å². The lowest BCUT2D eigenvalue weighted by Crippen LogP contribution is -2.50. The predicted octanol–water partition coefficient (Wildman–Crippen LogP) is 4.39. The zero-order chi connectivity index (χ0) is 19.7. The number of alkyl halides is 3. The number of likely N-dealkylation sites (tertiary alicyclic amines) is 1. The fourth-order valence-electron chi connectivity index (χ4n) is 2.94. The van der Waals surface area contributed by atoms with E-state index in [9.17, 15) is 18.0 Å². The Kier molecular flexibility index (Phi) is 4.50. The van der Waals surface area contributed by atoms with Crippen LogP contribution >= 0.6 is 0 Å². The Morgan fingerprint density at radius 1 is 1.07 bits per heavy atom. The Bertz CT molecular complexity index is 982. The molecule has 2 aromatic carbocycles. The first-order valence-electron chi connectivity index (χ1n) is 8.53. The monoisotopic (exact) mass is 388 g/mol. The van der Waals surface area contributed by atoms with Gasteiger partial charge in [-0.05, 0) is 12.1 Å². The number of rotatable bonds is 3. The van der Waals surface area contributed by atoms with Gasteiger partial charge in [0.1, 0.15) is 0 Å². The van der Waals surface area contributed by atoms with Crippen LogP contribution in [0.5, 0.6) is 0 Å². The van der Waals surface area contributed by atoms with E-state index in [1.165, 1.54) is 23.1 Å². The minimum atomic E-state index is -4.54. The highest BCUT2D eigenvalue weighted by atomic mass is 19.4. The number of para-hydroxylation sites is 1. The summed E-state index contributed by atoms with van der Waals surface area (Å²) in [7, 11) is 0. The molecule has 144 valence electrons. The number of halogens is 3. The summed E-state index contributed by atoms with van der Waals surface area (Å²) in [5.41, 5.74) is -0.340. The van der Waals surface area contributed by atoms with Crippen LogP contribution in [0.2, 0.25) is 0 Å². The molecule has 2 amide bonds. The number of amides is 2. The molecule has 3 aromatic rings. The number of urea groups is 1. The van der Waals surface area contributed by atoms with Crippen LogP contribution in [0, 0.1) is 0 Å². The SMILES string of the molecule is O=C(Nc1ccccc1C(F)(F)F)N1CC(c2nc(-c3ccccc3)no2)C1. The van der Waals surface area contributed by atoms with Gasteiger partial charge in [0.2, 0.25) is 11.7 Å². The lowest BCUT2D eigenvalue weighted by Gasteiger charge is -2.37. The molecule has 2 heterocycles. The zero-order valence-corrected chi connectivity index (χ0v) is 14.5. The standard InChI is InChI=1S/C19H15F3N4O2/c20-19(21,22)14-8-4-5-9-15(14)23-18(27)26-10-13(11-26)17-24-16(25-28-17)12-6-2-1-3-7-12/h1-9,13H,10-11H2,(H,23,27).